The van der Waals surface area contributed by atoms with Gasteiger partial charge in [-0.1, -0.05) is 19.8 Å². The van der Waals surface area contributed by atoms with E-state index in [4.69, 9.17) is 5.26 Å². The first kappa shape index (κ1) is 12.9. The minimum Gasteiger partial charge on any atom is -0.229 e. The molecule has 2 saturated carbocycles. The molecular formula is C13H21NO2S. The Balaban J connectivity index is 2.01. The lowest BCUT2D eigenvalue weighted by Crippen LogP contribution is -2.32. The zero-order chi connectivity index (χ0) is 12.5. The molecule has 96 valence electrons. The lowest BCUT2D eigenvalue weighted by atomic mass is 9.91. The molecule has 2 aliphatic rings. The van der Waals surface area contributed by atoms with Crippen molar-refractivity contribution in [1.82, 2.24) is 0 Å². The molecule has 0 aromatic heterocycles. The van der Waals surface area contributed by atoms with Crippen LogP contribution in [-0.2, 0) is 9.84 Å². The molecule has 0 heterocycles. The number of nitriles is 1. The monoisotopic (exact) mass is 255 g/mol. The third-order valence-corrected chi connectivity index (χ3v) is 6.77. The molecule has 2 aliphatic carbocycles. The predicted octanol–water partition coefficient (Wildman–Crippen LogP) is 2.67. The molecule has 0 aromatic carbocycles. The van der Waals surface area contributed by atoms with E-state index in [1.54, 1.807) is 0 Å². The number of nitrogens with zero attached hydrogens (tertiary/aromatic N) is 1. The number of rotatable bonds is 4. The van der Waals surface area contributed by atoms with Crippen LogP contribution in [0.3, 0.4) is 0 Å². The molecule has 0 aromatic rings. The fourth-order valence-corrected chi connectivity index (χ4v) is 5.59. The first-order valence-corrected chi connectivity index (χ1v) is 8.27. The van der Waals surface area contributed by atoms with Crippen molar-refractivity contribution in [2.24, 2.45) is 11.3 Å². The van der Waals surface area contributed by atoms with Crippen LogP contribution in [0.15, 0.2) is 0 Å². The van der Waals surface area contributed by atoms with Crippen molar-refractivity contribution in [1.29, 1.82) is 5.26 Å². The minimum atomic E-state index is -2.98. The molecule has 2 atom stereocenters. The van der Waals surface area contributed by atoms with Crippen LogP contribution in [0.25, 0.3) is 0 Å². The standard InChI is InChI=1S/C13H21NO2S/c1-11-3-2-4-12(9-11)17(15,16)10-13(5-6-13)7-8-14/h11-12H,2-7,9-10H2,1H3. The van der Waals surface area contributed by atoms with Gasteiger partial charge >= 0.3 is 0 Å². The molecule has 0 aliphatic heterocycles. The molecule has 4 heteroatoms. The number of hydrogen-bond donors (Lipinski definition) is 0. The van der Waals surface area contributed by atoms with Gasteiger partial charge in [-0.3, -0.25) is 0 Å². The second kappa shape index (κ2) is 4.61. The summed E-state index contributed by atoms with van der Waals surface area (Å²) in [4.78, 5) is 0. The van der Waals surface area contributed by atoms with Gasteiger partial charge in [0.1, 0.15) is 0 Å². The fraction of sp³-hybridized carbons (Fsp3) is 0.923. The average Bonchev–Trinajstić information content (AvgIpc) is 2.97. The molecule has 2 rings (SSSR count). The summed E-state index contributed by atoms with van der Waals surface area (Å²) in [6.45, 7) is 2.14. The highest BCUT2D eigenvalue weighted by atomic mass is 32.2. The maximum absolute atomic E-state index is 12.4. The van der Waals surface area contributed by atoms with E-state index in [1.165, 1.54) is 0 Å². The molecule has 0 bridgehead atoms. The zero-order valence-corrected chi connectivity index (χ0v) is 11.3. The van der Waals surface area contributed by atoms with E-state index in [2.05, 4.69) is 13.0 Å². The van der Waals surface area contributed by atoms with Crippen molar-refractivity contribution < 1.29 is 8.42 Å². The van der Waals surface area contributed by atoms with E-state index < -0.39 is 9.84 Å². The Morgan fingerprint density at radius 2 is 2.06 bits per heavy atom. The minimum absolute atomic E-state index is 0.137. The van der Waals surface area contributed by atoms with Crippen LogP contribution < -0.4 is 0 Å². The van der Waals surface area contributed by atoms with E-state index in [0.29, 0.717) is 12.3 Å². The largest absolute Gasteiger partial charge is 0.229 e. The Labute approximate surface area is 104 Å². The normalized spacial score (nSPS) is 31.8. The molecule has 2 fully saturated rings. The summed E-state index contributed by atoms with van der Waals surface area (Å²) in [5, 5.41) is 8.61. The van der Waals surface area contributed by atoms with E-state index in [1.807, 2.05) is 0 Å². The predicted molar refractivity (Wildman–Crippen MR) is 67.1 cm³/mol. The summed E-state index contributed by atoms with van der Waals surface area (Å²) >= 11 is 0. The SMILES string of the molecule is CC1CCCC(S(=O)(=O)CC2(CC#N)CC2)C1. The Kier molecular flexibility index (Phi) is 3.49. The lowest BCUT2D eigenvalue weighted by Gasteiger charge is -2.27. The molecule has 2 unspecified atom stereocenters. The highest BCUT2D eigenvalue weighted by Crippen LogP contribution is 2.50. The van der Waals surface area contributed by atoms with Crippen LogP contribution in [0.2, 0.25) is 0 Å². The van der Waals surface area contributed by atoms with Gasteiger partial charge < -0.3 is 0 Å². The Bertz CT molecular complexity index is 417. The fourth-order valence-electron chi connectivity index (χ4n) is 2.97. The van der Waals surface area contributed by atoms with Gasteiger partial charge in [0, 0.05) is 6.42 Å². The zero-order valence-electron chi connectivity index (χ0n) is 10.5. The van der Waals surface area contributed by atoms with Gasteiger partial charge in [-0.25, -0.2) is 8.42 Å². The highest BCUT2D eigenvalue weighted by molar-refractivity contribution is 7.92. The summed E-state index contributed by atoms with van der Waals surface area (Å²) in [5.74, 6) is 0.792. The molecule has 0 saturated heterocycles. The Morgan fingerprint density at radius 3 is 2.59 bits per heavy atom. The highest BCUT2D eigenvalue weighted by Gasteiger charge is 2.47. The number of hydrogen-bond acceptors (Lipinski definition) is 3. The van der Waals surface area contributed by atoms with Crippen LogP contribution in [0.1, 0.15) is 51.9 Å². The van der Waals surface area contributed by atoms with Gasteiger partial charge in [0.25, 0.3) is 0 Å². The van der Waals surface area contributed by atoms with Crippen molar-refractivity contribution in [2.75, 3.05) is 5.75 Å². The van der Waals surface area contributed by atoms with Gasteiger partial charge in [-0.15, -0.1) is 0 Å². The second-order valence-corrected chi connectivity index (χ2v) is 8.32. The topological polar surface area (TPSA) is 57.9 Å². The third-order valence-electron chi connectivity index (χ3n) is 4.31. The molecule has 17 heavy (non-hydrogen) atoms. The van der Waals surface area contributed by atoms with Crippen LogP contribution in [0, 0.1) is 22.7 Å². The summed E-state index contributed by atoms with van der Waals surface area (Å²) in [7, 11) is -2.98. The smallest absolute Gasteiger partial charge is 0.153 e. The Morgan fingerprint density at radius 1 is 1.35 bits per heavy atom. The molecule has 0 radical (unpaired) electrons. The maximum Gasteiger partial charge on any atom is 0.153 e. The molecule has 0 spiro atoms. The Hall–Kier alpha value is -0.560. The summed E-state index contributed by atoms with van der Waals surface area (Å²) in [6, 6.07) is 2.14. The second-order valence-electron chi connectivity index (χ2n) is 6.04. The van der Waals surface area contributed by atoms with Crippen molar-refractivity contribution in [3.8, 4) is 6.07 Å². The third kappa shape index (κ3) is 3.01. The van der Waals surface area contributed by atoms with Crippen LogP contribution in [0.5, 0.6) is 0 Å². The maximum atomic E-state index is 12.4. The van der Waals surface area contributed by atoms with Crippen molar-refractivity contribution >= 4 is 9.84 Å². The van der Waals surface area contributed by atoms with Crippen molar-refractivity contribution in [3.05, 3.63) is 0 Å². The molecule has 0 N–H and O–H groups in total. The first-order valence-electron chi connectivity index (χ1n) is 6.56. The van der Waals surface area contributed by atoms with Gasteiger partial charge in [0.05, 0.1) is 17.1 Å². The first-order chi connectivity index (χ1) is 7.97. The summed E-state index contributed by atoms with van der Waals surface area (Å²) < 4.78 is 24.7. The molecular weight excluding hydrogens is 234 g/mol. The van der Waals surface area contributed by atoms with Gasteiger partial charge in [0.2, 0.25) is 0 Å². The van der Waals surface area contributed by atoms with E-state index in [-0.39, 0.29) is 16.4 Å². The van der Waals surface area contributed by atoms with E-state index in [0.717, 1.165) is 38.5 Å². The quantitative estimate of drug-likeness (QED) is 0.776. The van der Waals surface area contributed by atoms with Crippen LogP contribution >= 0.6 is 0 Å². The van der Waals surface area contributed by atoms with E-state index >= 15 is 0 Å². The van der Waals surface area contributed by atoms with E-state index in [9.17, 15) is 8.42 Å². The van der Waals surface area contributed by atoms with Crippen LogP contribution in [-0.4, -0.2) is 19.4 Å². The van der Waals surface area contributed by atoms with Gasteiger partial charge in [-0.05, 0) is 37.0 Å². The van der Waals surface area contributed by atoms with Gasteiger partial charge in [0.15, 0.2) is 9.84 Å². The van der Waals surface area contributed by atoms with Crippen molar-refractivity contribution in [3.63, 3.8) is 0 Å². The van der Waals surface area contributed by atoms with Crippen molar-refractivity contribution in [2.45, 2.75) is 57.1 Å². The lowest BCUT2D eigenvalue weighted by molar-refractivity contribution is 0.380. The van der Waals surface area contributed by atoms with Crippen LogP contribution in [0.4, 0.5) is 0 Å². The van der Waals surface area contributed by atoms with Gasteiger partial charge in [-0.2, -0.15) is 5.26 Å². The molecule has 0 amide bonds. The molecule has 3 nitrogen and oxygen atoms in total. The summed E-state index contributed by atoms with van der Waals surface area (Å²) in [5.41, 5.74) is -0.172. The number of sulfone groups is 1. The average molecular weight is 255 g/mol. The summed E-state index contributed by atoms with van der Waals surface area (Å²) in [6.07, 6.45) is 6.10.